The molecule has 2 rings (SSSR count). The highest BCUT2D eigenvalue weighted by Gasteiger charge is 2.41. The monoisotopic (exact) mass is 282 g/mol. The zero-order chi connectivity index (χ0) is 14.6. The number of methoxy groups -OCH3 is 1. The molecule has 1 saturated heterocycles. The van der Waals surface area contributed by atoms with E-state index in [0.717, 1.165) is 31.5 Å². The second-order valence-electron chi connectivity index (χ2n) is 5.55. The molecule has 0 aromatic carbocycles. The summed E-state index contributed by atoms with van der Waals surface area (Å²) in [6, 6.07) is 0. The summed E-state index contributed by atoms with van der Waals surface area (Å²) in [5.74, 6) is 0.679. The molecule has 2 unspecified atom stereocenters. The molecule has 1 fully saturated rings. The van der Waals surface area contributed by atoms with Gasteiger partial charge in [-0.1, -0.05) is 20.3 Å². The standard InChI is InChI=1S/C15H26N2O3/c1-4-6-12-10-15(18,7-9-20-12)14-13(19-3)11-16-17(14)8-5-2/h11-12,18H,4-10H2,1-3H3. The Morgan fingerprint density at radius 3 is 2.95 bits per heavy atom. The van der Waals surface area contributed by atoms with Crippen LogP contribution in [-0.4, -0.2) is 34.7 Å². The molecule has 0 radical (unpaired) electrons. The average molecular weight is 282 g/mol. The Morgan fingerprint density at radius 1 is 1.50 bits per heavy atom. The van der Waals surface area contributed by atoms with Crippen LogP contribution < -0.4 is 4.74 Å². The van der Waals surface area contributed by atoms with Gasteiger partial charge in [0.25, 0.3) is 0 Å². The molecule has 0 aliphatic carbocycles. The molecule has 5 nitrogen and oxygen atoms in total. The van der Waals surface area contributed by atoms with Gasteiger partial charge >= 0.3 is 0 Å². The van der Waals surface area contributed by atoms with Gasteiger partial charge in [0.15, 0.2) is 5.75 Å². The fourth-order valence-electron chi connectivity index (χ4n) is 3.02. The smallest absolute Gasteiger partial charge is 0.162 e. The number of aryl methyl sites for hydroxylation is 1. The number of rotatable bonds is 6. The SMILES string of the molecule is CCCC1CC(O)(c2c(OC)cnn2CCC)CCO1. The summed E-state index contributed by atoms with van der Waals surface area (Å²) in [6.07, 6.45) is 6.05. The van der Waals surface area contributed by atoms with Gasteiger partial charge in [-0.3, -0.25) is 4.68 Å². The number of nitrogens with zero attached hydrogens (tertiary/aromatic N) is 2. The van der Waals surface area contributed by atoms with E-state index < -0.39 is 5.60 Å². The van der Waals surface area contributed by atoms with E-state index >= 15 is 0 Å². The topological polar surface area (TPSA) is 56.5 Å². The summed E-state index contributed by atoms with van der Waals surface area (Å²) in [6.45, 7) is 5.62. The van der Waals surface area contributed by atoms with Crippen molar-refractivity contribution in [2.24, 2.45) is 0 Å². The van der Waals surface area contributed by atoms with E-state index in [0.29, 0.717) is 25.2 Å². The third-order valence-corrected chi connectivity index (χ3v) is 3.95. The highest BCUT2D eigenvalue weighted by atomic mass is 16.5. The molecule has 114 valence electrons. The Hall–Kier alpha value is -1.07. The van der Waals surface area contributed by atoms with Crippen molar-refractivity contribution in [1.82, 2.24) is 9.78 Å². The number of hydrogen-bond donors (Lipinski definition) is 1. The maximum Gasteiger partial charge on any atom is 0.162 e. The Morgan fingerprint density at radius 2 is 2.30 bits per heavy atom. The molecule has 0 spiro atoms. The molecule has 0 amide bonds. The summed E-state index contributed by atoms with van der Waals surface area (Å²) in [4.78, 5) is 0. The number of aliphatic hydroxyl groups is 1. The molecule has 1 aliphatic rings. The summed E-state index contributed by atoms with van der Waals surface area (Å²) < 4.78 is 13.0. The third-order valence-electron chi connectivity index (χ3n) is 3.95. The predicted molar refractivity (Wildman–Crippen MR) is 76.8 cm³/mol. The molecule has 1 N–H and O–H groups in total. The highest BCUT2D eigenvalue weighted by Crippen LogP contribution is 2.40. The zero-order valence-electron chi connectivity index (χ0n) is 12.8. The fourth-order valence-corrected chi connectivity index (χ4v) is 3.02. The van der Waals surface area contributed by atoms with Crippen LogP contribution in [0.15, 0.2) is 6.20 Å². The number of ether oxygens (including phenoxy) is 2. The molecule has 1 aromatic rings. The lowest BCUT2D eigenvalue weighted by Crippen LogP contribution is -2.40. The molecule has 1 aliphatic heterocycles. The molecule has 20 heavy (non-hydrogen) atoms. The summed E-state index contributed by atoms with van der Waals surface area (Å²) in [7, 11) is 1.63. The van der Waals surface area contributed by atoms with Crippen LogP contribution in [0.5, 0.6) is 5.75 Å². The Kier molecular flexibility index (Phi) is 5.05. The third kappa shape index (κ3) is 2.99. The van der Waals surface area contributed by atoms with Gasteiger partial charge in [0.1, 0.15) is 11.3 Å². The largest absolute Gasteiger partial charge is 0.493 e. The summed E-state index contributed by atoms with van der Waals surface area (Å²) in [5, 5.41) is 15.5. The van der Waals surface area contributed by atoms with Crippen molar-refractivity contribution >= 4 is 0 Å². The van der Waals surface area contributed by atoms with Crippen LogP contribution in [0, 0.1) is 0 Å². The van der Waals surface area contributed by atoms with E-state index in [9.17, 15) is 5.11 Å². The van der Waals surface area contributed by atoms with Crippen LogP contribution in [0.3, 0.4) is 0 Å². The maximum absolute atomic E-state index is 11.1. The van der Waals surface area contributed by atoms with Gasteiger partial charge in [-0.2, -0.15) is 5.10 Å². The zero-order valence-corrected chi connectivity index (χ0v) is 12.8. The normalized spacial score (nSPS) is 26.7. The van der Waals surface area contributed by atoms with E-state index in [1.54, 1.807) is 13.3 Å². The highest BCUT2D eigenvalue weighted by molar-refractivity contribution is 5.31. The van der Waals surface area contributed by atoms with Gasteiger partial charge in [-0.25, -0.2) is 0 Å². The van der Waals surface area contributed by atoms with Crippen LogP contribution in [-0.2, 0) is 16.9 Å². The first-order valence-corrected chi connectivity index (χ1v) is 7.58. The second kappa shape index (κ2) is 6.59. The number of hydrogen-bond acceptors (Lipinski definition) is 4. The first-order chi connectivity index (χ1) is 9.64. The molecular weight excluding hydrogens is 256 g/mol. The van der Waals surface area contributed by atoms with E-state index in [2.05, 4.69) is 18.9 Å². The quantitative estimate of drug-likeness (QED) is 0.871. The van der Waals surface area contributed by atoms with Crippen molar-refractivity contribution < 1.29 is 14.6 Å². The fraction of sp³-hybridized carbons (Fsp3) is 0.800. The predicted octanol–water partition coefficient (Wildman–Crippen LogP) is 2.47. The first kappa shape index (κ1) is 15.3. The van der Waals surface area contributed by atoms with Gasteiger partial charge in [-0.15, -0.1) is 0 Å². The molecule has 2 atom stereocenters. The lowest BCUT2D eigenvalue weighted by molar-refractivity contribution is -0.114. The van der Waals surface area contributed by atoms with E-state index in [1.165, 1.54) is 0 Å². The van der Waals surface area contributed by atoms with Gasteiger partial charge in [-0.05, 0) is 12.8 Å². The van der Waals surface area contributed by atoms with Gasteiger partial charge in [0.05, 0.1) is 26.0 Å². The summed E-state index contributed by atoms with van der Waals surface area (Å²) >= 11 is 0. The van der Waals surface area contributed by atoms with Crippen molar-refractivity contribution in [2.75, 3.05) is 13.7 Å². The van der Waals surface area contributed by atoms with Crippen LogP contribution >= 0.6 is 0 Å². The Bertz CT molecular complexity index is 431. The van der Waals surface area contributed by atoms with Gasteiger partial charge in [0.2, 0.25) is 0 Å². The van der Waals surface area contributed by atoms with E-state index in [4.69, 9.17) is 9.47 Å². The minimum atomic E-state index is -0.894. The van der Waals surface area contributed by atoms with Crippen molar-refractivity contribution in [3.8, 4) is 5.75 Å². The van der Waals surface area contributed by atoms with E-state index in [1.807, 2.05) is 4.68 Å². The van der Waals surface area contributed by atoms with Crippen LogP contribution in [0.1, 0.15) is 51.6 Å². The lowest BCUT2D eigenvalue weighted by Gasteiger charge is -2.37. The van der Waals surface area contributed by atoms with E-state index in [-0.39, 0.29) is 6.10 Å². The molecular formula is C15H26N2O3. The Balaban J connectivity index is 2.29. The van der Waals surface area contributed by atoms with Crippen molar-refractivity contribution in [1.29, 1.82) is 0 Å². The molecule has 2 heterocycles. The number of aromatic nitrogens is 2. The minimum absolute atomic E-state index is 0.119. The van der Waals surface area contributed by atoms with Crippen LogP contribution in [0.25, 0.3) is 0 Å². The molecule has 0 saturated carbocycles. The average Bonchev–Trinajstić information content (AvgIpc) is 2.83. The minimum Gasteiger partial charge on any atom is -0.493 e. The maximum atomic E-state index is 11.1. The summed E-state index contributed by atoms with van der Waals surface area (Å²) in [5.41, 5.74) is -0.0824. The van der Waals surface area contributed by atoms with Crippen LogP contribution in [0.2, 0.25) is 0 Å². The van der Waals surface area contributed by atoms with Gasteiger partial charge < -0.3 is 14.6 Å². The molecule has 1 aromatic heterocycles. The Labute approximate surface area is 120 Å². The lowest BCUT2D eigenvalue weighted by atomic mass is 9.85. The second-order valence-corrected chi connectivity index (χ2v) is 5.55. The van der Waals surface area contributed by atoms with Crippen molar-refractivity contribution in [3.05, 3.63) is 11.9 Å². The molecule has 5 heteroatoms. The van der Waals surface area contributed by atoms with Gasteiger partial charge in [0, 0.05) is 19.4 Å². The van der Waals surface area contributed by atoms with Crippen molar-refractivity contribution in [3.63, 3.8) is 0 Å². The first-order valence-electron chi connectivity index (χ1n) is 7.58. The van der Waals surface area contributed by atoms with Crippen LogP contribution in [0.4, 0.5) is 0 Å². The molecule has 0 bridgehead atoms. The van der Waals surface area contributed by atoms with Crippen molar-refractivity contribution in [2.45, 2.75) is 64.2 Å².